The molecule has 2 rings (SSSR count). The number of nitrogens with zero attached hydrogens (tertiary/aromatic N) is 1. The third-order valence-electron chi connectivity index (χ3n) is 4.28. The van der Waals surface area contributed by atoms with Crippen LogP contribution in [0.2, 0.25) is 0 Å². The number of unbranched alkanes of at least 4 members (excludes halogenated alkanes) is 1. The molecule has 4 heteroatoms. The van der Waals surface area contributed by atoms with Crippen LogP contribution in [0.5, 0.6) is 5.75 Å². The number of aryl methyl sites for hydroxylation is 1. The molecule has 1 aliphatic heterocycles. The molecule has 0 N–H and O–H groups in total. The van der Waals surface area contributed by atoms with Crippen LogP contribution in [-0.4, -0.2) is 36.9 Å². The van der Waals surface area contributed by atoms with Gasteiger partial charge in [0.25, 0.3) is 0 Å². The molecule has 0 unspecified atom stereocenters. The topological polar surface area (TPSA) is 29.5 Å². The summed E-state index contributed by atoms with van der Waals surface area (Å²) in [5, 5.41) is 0. The van der Waals surface area contributed by atoms with Crippen LogP contribution < -0.4 is 4.74 Å². The molecule has 1 aromatic carbocycles. The Bertz CT molecular complexity index is 441. The maximum atomic E-state index is 11.0. The smallest absolute Gasteiger partial charge is 0.130 e. The lowest BCUT2D eigenvalue weighted by Crippen LogP contribution is -2.30. The van der Waals surface area contributed by atoms with Gasteiger partial charge >= 0.3 is 0 Å². The molecular weight excluding hydrogens is 310 g/mol. The maximum absolute atomic E-state index is 11.0. The van der Waals surface area contributed by atoms with Gasteiger partial charge in [-0.3, -0.25) is 0 Å². The van der Waals surface area contributed by atoms with Gasteiger partial charge in [-0.05, 0) is 76.4 Å². The van der Waals surface area contributed by atoms with Gasteiger partial charge in [0.2, 0.25) is 0 Å². The van der Waals surface area contributed by atoms with Crippen LogP contribution in [0.15, 0.2) is 24.3 Å². The summed E-state index contributed by atoms with van der Waals surface area (Å²) in [4.78, 5) is 13.5. The van der Waals surface area contributed by atoms with Gasteiger partial charge in [-0.2, -0.15) is 0 Å². The van der Waals surface area contributed by atoms with Crippen molar-refractivity contribution in [1.82, 2.24) is 4.90 Å². The van der Waals surface area contributed by atoms with Crippen molar-refractivity contribution in [3.05, 3.63) is 29.8 Å². The van der Waals surface area contributed by atoms with Gasteiger partial charge in [-0.25, -0.2) is 0 Å². The molecule has 0 spiro atoms. The van der Waals surface area contributed by atoms with Crippen molar-refractivity contribution in [2.75, 3.05) is 26.2 Å². The number of piperidine rings is 1. The van der Waals surface area contributed by atoms with Crippen molar-refractivity contribution in [3.63, 3.8) is 0 Å². The summed E-state index contributed by atoms with van der Waals surface area (Å²) in [7, 11) is 0. The van der Waals surface area contributed by atoms with Crippen molar-refractivity contribution >= 4 is 18.2 Å². The third kappa shape index (κ3) is 8.38. The molecule has 1 aromatic rings. The molecule has 1 aliphatic rings. The van der Waals surface area contributed by atoms with Crippen LogP contribution in [0.4, 0.5) is 0 Å². The Morgan fingerprint density at radius 3 is 2.43 bits per heavy atom. The summed E-state index contributed by atoms with van der Waals surface area (Å²) >= 11 is 0. The largest absolute Gasteiger partial charge is 0.494 e. The Morgan fingerprint density at radius 1 is 1.09 bits per heavy atom. The van der Waals surface area contributed by atoms with Gasteiger partial charge in [-0.15, -0.1) is 12.4 Å². The molecule has 0 saturated carbocycles. The molecule has 23 heavy (non-hydrogen) atoms. The molecule has 130 valence electrons. The van der Waals surface area contributed by atoms with E-state index in [-0.39, 0.29) is 18.2 Å². The summed E-state index contributed by atoms with van der Waals surface area (Å²) in [5.74, 6) is 1.18. The molecule has 0 amide bonds. The number of halogens is 1. The molecule has 1 saturated heterocycles. The van der Waals surface area contributed by atoms with E-state index in [1.807, 2.05) is 12.1 Å². The number of likely N-dealkylation sites (tertiary alicyclic amines) is 1. The number of rotatable bonds is 9. The molecule has 0 aromatic heterocycles. The van der Waals surface area contributed by atoms with Crippen molar-refractivity contribution in [3.8, 4) is 5.75 Å². The van der Waals surface area contributed by atoms with E-state index in [9.17, 15) is 4.79 Å². The second-order valence-electron chi connectivity index (χ2n) is 6.30. The lowest BCUT2D eigenvalue weighted by molar-refractivity contribution is -0.116. The Morgan fingerprint density at radius 2 is 1.78 bits per heavy atom. The number of Topliss-reactive ketones (excluding diaryl/α,β-unsaturated/α-hetero) is 1. The Kier molecular flexibility index (Phi) is 9.97. The van der Waals surface area contributed by atoms with Crippen molar-refractivity contribution in [2.24, 2.45) is 0 Å². The van der Waals surface area contributed by atoms with E-state index in [0.717, 1.165) is 25.2 Å². The Hall–Kier alpha value is -1.06. The first kappa shape index (κ1) is 20.0. The van der Waals surface area contributed by atoms with Crippen LogP contribution in [0.25, 0.3) is 0 Å². The summed E-state index contributed by atoms with van der Waals surface area (Å²) in [6.45, 7) is 6.21. The van der Waals surface area contributed by atoms with Gasteiger partial charge in [0.1, 0.15) is 11.5 Å². The highest BCUT2D eigenvalue weighted by atomic mass is 35.5. The first-order chi connectivity index (χ1) is 10.7. The minimum absolute atomic E-state index is 0. The van der Waals surface area contributed by atoms with Crippen molar-refractivity contribution in [2.45, 2.75) is 51.9 Å². The van der Waals surface area contributed by atoms with E-state index in [2.05, 4.69) is 17.0 Å². The number of hydrogen-bond acceptors (Lipinski definition) is 3. The number of ketones is 1. The van der Waals surface area contributed by atoms with Crippen molar-refractivity contribution in [1.29, 1.82) is 0 Å². The lowest BCUT2D eigenvalue weighted by Gasteiger charge is -2.26. The molecule has 1 heterocycles. The second kappa shape index (κ2) is 11.5. The van der Waals surface area contributed by atoms with E-state index in [4.69, 9.17) is 4.74 Å². The molecule has 0 atom stereocenters. The van der Waals surface area contributed by atoms with Gasteiger partial charge in [0, 0.05) is 6.42 Å². The third-order valence-corrected chi connectivity index (χ3v) is 4.28. The van der Waals surface area contributed by atoms with Gasteiger partial charge in [-0.1, -0.05) is 18.6 Å². The van der Waals surface area contributed by atoms with Crippen LogP contribution in [0, 0.1) is 0 Å². The molecule has 0 aliphatic carbocycles. The molecule has 0 bridgehead atoms. The first-order valence-corrected chi connectivity index (χ1v) is 8.67. The van der Waals surface area contributed by atoms with Crippen LogP contribution in [0.3, 0.4) is 0 Å². The molecule has 0 radical (unpaired) electrons. The Balaban J connectivity index is 0.00000264. The Labute approximate surface area is 146 Å². The van der Waals surface area contributed by atoms with Gasteiger partial charge in [0.05, 0.1) is 6.61 Å². The summed E-state index contributed by atoms with van der Waals surface area (Å²) < 4.78 is 5.79. The minimum atomic E-state index is 0. The predicted octanol–water partition coefficient (Wildman–Crippen LogP) is 4.27. The average Bonchev–Trinajstić information content (AvgIpc) is 2.54. The summed E-state index contributed by atoms with van der Waals surface area (Å²) in [6, 6.07) is 8.15. The number of hydrogen-bond donors (Lipinski definition) is 0. The second-order valence-corrected chi connectivity index (χ2v) is 6.30. The number of benzene rings is 1. The van der Waals surface area contributed by atoms with Crippen LogP contribution in [-0.2, 0) is 11.2 Å². The van der Waals surface area contributed by atoms with Crippen LogP contribution in [0.1, 0.15) is 51.0 Å². The summed E-state index contributed by atoms with van der Waals surface area (Å²) in [6.07, 6.45) is 7.92. The fourth-order valence-corrected chi connectivity index (χ4v) is 2.88. The fourth-order valence-electron chi connectivity index (χ4n) is 2.88. The predicted molar refractivity (Wildman–Crippen MR) is 97.7 cm³/mol. The van der Waals surface area contributed by atoms with E-state index in [0.29, 0.717) is 6.42 Å². The number of carbonyl (C=O) groups excluding carboxylic acids is 1. The van der Waals surface area contributed by atoms with E-state index >= 15 is 0 Å². The zero-order valence-corrected chi connectivity index (χ0v) is 15.1. The van der Waals surface area contributed by atoms with E-state index < -0.39 is 0 Å². The average molecular weight is 340 g/mol. The number of carbonyl (C=O) groups is 1. The highest BCUT2D eigenvalue weighted by Gasteiger charge is 2.08. The van der Waals surface area contributed by atoms with E-state index in [1.165, 1.54) is 50.9 Å². The first-order valence-electron chi connectivity index (χ1n) is 8.67. The van der Waals surface area contributed by atoms with Crippen molar-refractivity contribution < 1.29 is 9.53 Å². The van der Waals surface area contributed by atoms with Gasteiger partial charge < -0.3 is 14.4 Å². The minimum Gasteiger partial charge on any atom is -0.494 e. The zero-order chi connectivity index (χ0) is 15.6. The van der Waals surface area contributed by atoms with E-state index in [1.54, 1.807) is 6.92 Å². The normalized spacial score (nSPS) is 15.0. The molecule has 3 nitrogen and oxygen atoms in total. The zero-order valence-electron chi connectivity index (χ0n) is 14.3. The number of ether oxygens (including phenoxy) is 1. The molecule has 1 fully saturated rings. The maximum Gasteiger partial charge on any atom is 0.130 e. The summed E-state index contributed by atoms with van der Waals surface area (Å²) in [5.41, 5.74) is 1.20. The quantitative estimate of drug-likeness (QED) is 0.629. The standard InChI is InChI=1S/C19H29NO2.ClH/c1-17(21)7-8-18-9-11-19(12-10-18)22-16-6-5-15-20-13-3-2-4-14-20;/h9-12H,2-8,13-16H2,1H3;1H. The monoisotopic (exact) mass is 339 g/mol. The lowest BCUT2D eigenvalue weighted by atomic mass is 10.1. The highest BCUT2D eigenvalue weighted by molar-refractivity contribution is 5.85. The van der Waals surface area contributed by atoms with Gasteiger partial charge in [0.15, 0.2) is 0 Å². The SMILES string of the molecule is CC(=O)CCc1ccc(OCCCCN2CCCCC2)cc1.Cl. The fraction of sp³-hybridized carbons (Fsp3) is 0.632. The highest BCUT2D eigenvalue weighted by Crippen LogP contribution is 2.14. The molecular formula is C19H30ClNO2. The van der Waals surface area contributed by atoms with Crippen LogP contribution >= 0.6 is 12.4 Å².